The molecule has 0 saturated carbocycles. The Balaban J connectivity index is 2.17. The zero-order chi connectivity index (χ0) is 12.3. The van der Waals surface area contributed by atoms with Crippen molar-refractivity contribution < 1.29 is 9.53 Å². The lowest BCUT2D eigenvalue weighted by molar-refractivity contribution is 0.00359. The highest BCUT2D eigenvalue weighted by Gasteiger charge is 2.24. The van der Waals surface area contributed by atoms with Gasteiger partial charge in [0.05, 0.1) is 19.3 Å². The van der Waals surface area contributed by atoms with Crippen LogP contribution in [0.3, 0.4) is 0 Å². The summed E-state index contributed by atoms with van der Waals surface area (Å²) in [6.07, 6.45) is 0. The smallest absolute Gasteiger partial charge is 0.254 e. The molecule has 1 amide bonds. The molecule has 1 saturated heterocycles. The molecule has 1 aromatic carbocycles. The van der Waals surface area contributed by atoms with Crippen molar-refractivity contribution in [1.82, 2.24) is 4.90 Å². The van der Waals surface area contributed by atoms with Gasteiger partial charge >= 0.3 is 0 Å². The van der Waals surface area contributed by atoms with E-state index in [0.717, 1.165) is 5.56 Å². The van der Waals surface area contributed by atoms with Crippen LogP contribution in [0.5, 0.6) is 0 Å². The van der Waals surface area contributed by atoms with Crippen molar-refractivity contribution in [2.45, 2.75) is 18.8 Å². The number of hydrogen-bond donors (Lipinski definition) is 0. The second-order valence-electron chi connectivity index (χ2n) is 4.26. The first-order valence-electron chi connectivity index (χ1n) is 5.76. The minimum Gasteiger partial charge on any atom is -0.377 e. The first kappa shape index (κ1) is 12.4. The Bertz CT molecular complexity index is 408. The minimum atomic E-state index is 0.0627. The zero-order valence-electron chi connectivity index (χ0n) is 9.86. The molecule has 1 fully saturated rings. The van der Waals surface area contributed by atoms with Crippen LogP contribution in [-0.4, -0.2) is 36.6 Å². The van der Waals surface area contributed by atoms with Crippen LogP contribution in [-0.2, 0) is 10.6 Å². The third-order valence-corrected chi connectivity index (χ3v) is 3.27. The molecule has 1 aliphatic rings. The van der Waals surface area contributed by atoms with E-state index in [2.05, 4.69) is 0 Å². The van der Waals surface area contributed by atoms with Crippen molar-refractivity contribution in [3.63, 3.8) is 0 Å². The van der Waals surface area contributed by atoms with Crippen LogP contribution >= 0.6 is 11.6 Å². The number of hydrogen-bond acceptors (Lipinski definition) is 2. The van der Waals surface area contributed by atoms with Crippen molar-refractivity contribution in [3.8, 4) is 0 Å². The van der Waals surface area contributed by atoms with Crippen molar-refractivity contribution in [2.75, 3.05) is 19.8 Å². The van der Waals surface area contributed by atoms with Gasteiger partial charge in [-0.1, -0.05) is 12.1 Å². The number of rotatable bonds is 2. The molecule has 4 heteroatoms. The second-order valence-corrected chi connectivity index (χ2v) is 4.52. The molecule has 0 aliphatic carbocycles. The van der Waals surface area contributed by atoms with E-state index in [1.54, 1.807) is 0 Å². The lowest BCUT2D eigenvalue weighted by atomic mass is 10.1. The van der Waals surface area contributed by atoms with Gasteiger partial charge in [0.15, 0.2) is 0 Å². The Labute approximate surface area is 106 Å². The third-order valence-electron chi connectivity index (χ3n) is 2.96. The Hall–Kier alpha value is -1.06. The van der Waals surface area contributed by atoms with Gasteiger partial charge < -0.3 is 9.64 Å². The van der Waals surface area contributed by atoms with Gasteiger partial charge in [0.25, 0.3) is 5.91 Å². The van der Waals surface area contributed by atoms with Crippen LogP contribution in [0, 0.1) is 0 Å². The van der Waals surface area contributed by atoms with Gasteiger partial charge in [0, 0.05) is 18.0 Å². The maximum Gasteiger partial charge on any atom is 0.254 e. The standard InChI is InChI=1S/C13H16ClNO2/c1-10-9-17-6-5-15(10)13(16)12-4-2-3-11(7-12)8-14/h2-4,7,10H,5-6,8-9H2,1H3/t10-/m1/s1. The van der Waals surface area contributed by atoms with Gasteiger partial charge in [-0.25, -0.2) is 0 Å². The maximum absolute atomic E-state index is 12.3. The predicted octanol–water partition coefficient (Wildman–Crippen LogP) is 2.29. The molecule has 17 heavy (non-hydrogen) atoms. The number of nitrogens with zero attached hydrogens (tertiary/aromatic N) is 1. The van der Waals surface area contributed by atoms with E-state index in [4.69, 9.17) is 16.3 Å². The van der Waals surface area contributed by atoms with E-state index in [9.17, 15) is 4.79 Å². The Kier molecular flexibility index (Phi) is 4.02. The number of benzene rings is 1. The van der Waals surface area contributed by atoms with Crippen molar-refractivity contribution in [3.05, 3.63) is 35.4 Å². The summed E-state index contributed by atoms with van der Waals surface area (Å²) in [6.45, 7) is 3.89. The molecular weight excluding hydrogens is 238 g/mol. The molecule has 0 aromatic heterocycles. The fourth-order valence-corrected chi connectivity index (χ4v) is 2.15. The van der Waals surface area contributed by atoms with Crippen LogP contribution in [0.25, 0.3) is 0 Å². The third kappa shape index (κ3) is 2.79. The van der Waals surface area contributed by atoms with E-state index >= 15 is 0 Å². The van der Waals surface area contributed by atoms with Gasteiger partial charge in [-0.05, 0) is 24.6 Å². The van der Waals surface area contributed by atoms with E-state index < -0.39 is 0 Å². The minimum absolute atomic E-state index is 0.0627. The monoisotopic (exact) mass is 253 g/mol. The summed E-state index contributed by atoms with van der Waals surface area (Å²) in [5, 5.41) is 0. The van der Waals surface area contributed by atoms with E-state index in [-0.39, 0.29) is 11.9 Å². The van der Waals surface area contributed by atoms with Crippen molar-refractivity contribution in [1.29, 1.82) is 0 Å². The lowest BCUT2D eigenvalue weighted by Gasteiger charge is -2.33. The number of alkyl halides is 1. The van der Waals surface area contributed by atoms with E-state index in [1.165, 1.54) is 0 Å². The molecule has 1 heterocycles. The lowest BCUT2D eigenvalue weighted by Crippen LogP contribution is -2.47. The largest absolute Gasteiger partial charge is 0.377 e. The summed E-state index contributed by atoms with van der Waals surface area (Å²) in [6, 6.07) is 7.62. The highest BCUT2D eigenvalue weighted by Crippen LogP contribution is 2.14. The summed E-state index contributed by atoms with van der Waals surface area (Å²) < 4.78 is 5.33. The Morgan fingerprint density at radius 2 is 2.41 bits per heavy atom. The first-order chi connectivity index (χ1) is 8.22. The average molecular weight is 254 g/mol. The van der Waals surface area contributed by atoms with Crippen LogP contribution in [0.2, 0.25) is 0 Å². The molecule has 0 radical (unpaired) electrons. The van der Waals surface area contributed by atoms with Crippen LogP contribution in [0.15, 0.2) is 24.3 Å². The normalized spacial score (nSPS) is 20.4. The van der Waals surface area contributed by atoms with Gasteiger partial charge in [-0.3, -0.25) is 4.79 Å². The van der Waals surface area contributed by atoms with E-state index in [1.807, 2.05) is 36.1 Å². The molecular formula is C13H16ClNO2. The molecule has 0 unspecified atom stereocenters. The number of carbonyl (C=O) groups is 1. The number of ether oxygens (including phenoxy) is 1. The summed E-state index contributed by atoms with van der Waals surface area (Å²) in [4.78, 5) is 14.2. The molecule has 1 aromatic rings. The van der Waals surface area contributed by atoms with Crippen molar-refractivity contribution in [2.24, 2.45) is 0 Å². The summed E-state index contributed by atoms with van der Waals surface area (Å²) in [5.41, 5.74) is 1.68. The van der Waals surface area contributed by atoms with Crippen LogP contribution in [0.1, 0.15) is 22.8 Å². The Morgan fingerprint density at radius 1 is 1.59 bits per heavy atom. The molecule has 92 valence electrons. The number of amides is 1. The Morgan fingerprint density at radius 3 is 3.12 bits per heavy atom. The van der Waals surface area contributed by atoms with Gasteiger partial charge in [-0.15, -0.1) is 11.6 Å². The summed E-state index contributed by atoms with van der Waals surface area (Å²) in [5.74, 6) is 0.493. The van der Waals surface area contributed by atoms with Gasteiger partial charge in [0.2, 0.25) is 0 Å². The second kappa shape index (κ2) is 5.52. The quantitative estimate of drug-likeness (QED) is 0.757. The van der Waals surface area contributed by atoms with Crippen LogP contribution < -0.4 is 0 Å². The van der Waals surface area contributed by atoms with Crippen molar-refractivity contribution >= 4 is 17.5 Å². The fourth-order valence-electron chi connectivity index (χ4n) is 1.98. The molecule has 1 atom stereocenters. The average Bonchev–Trinajstić information content (AvgIpc) is 2.38. The molecule has 0 spiro atoms. The zero-order valence-corrected chi connectivity index (χ0v) is 10.6. The molecule has 1 aliphatic heterocycles. The number of carbonyl (C=O) groups excluding carboxylic acids is 1. The molecule has 0 N–H and O–H groups in total. The summed E-state index contributed by atoms with van der Waals surface area (Å²) in [7, 11) is 0. The topological polar surface area (TPSA) is 29.5 Å². The maximum atomic E-state index is 12.3. The molecule has 3 nitrogen and oxygen atoms in total. The predicted molar refractivity (Wildman–Crippen MR) is 67.3 cm³/mol. The highest BCUT2D eigenvalue weighted by molar-refractivity contribution is 6.17. The van der Waals surface area contributed by atoms with E-state index in [0.29, 0.717) is 31.2 Å². The number of morpholine rings is 1. The summed E-state index contributed by atoms with van der Waals surface area (Å²) >= 11 is 5.77. The van der Waals surface area contributed by atoms with Crippen LogP contribution in [0.4, 0.5) is 0 Å². The van der Waals surface area contributed by atoms with Gasteiger partial charge in [-0.2, -0.15) is 0 Å². The van der Waals surface area contributed by atoms with Gasteiger partial charge in [0.1, 0.15) is 0 Å². The molecule has 2 rings (SSSR count). The SMILES string of the molecule is C[C@@H]1COCCN1C(=O)c1cccc(CCl)c1. The first-order valence-corrected chi connectivity index (χ1v) is 6.29. The number of halogens is 1. The molecule has 0 bridgehead atoms. The fraction of sp³-hybridized carbons (Fsp3) is 0.462. The highest BCUT2D eigenvalue weighted by atomic mass is 35.5.